The third-order valence-electron chi connectivity index (χ3n) is 1.73. The lowest BCUT2D eigenvalue weighted by atomic mass is 10.3. The first-order chi connectivity index (χ1) is 7.63. The summed E-state index contributed by atoms with van der Waals surface area (Å²) in [4.78, 5) is 11.1. The quantitative estimate of drug-likeness (QED) is 0.770. The maximum Gasteiger partial charge on any atom is 0.257 e. The molecule has 6 heteroatoms. The van der Waals surface area contributed by atoms with Crippen LogP contribution in [-0.2, 0) is 4.79 Å². The Bertz CT molecular complexity index is 372. The molecule has 0 aliphatic carbocycles. The van der Waals surface area contributed by atoms with Gasteiger partial charge in [0.1, 0.15) is 5.75 Å². The van der Waals surface area contributed by atoms with E-state index in [1.807, 2.05) is 0 Å². The van der Waals surface area contributed by atoms with Crippen LogP contribution in [-0.4, -0.2) is 25.6 Å². The van der Waals surface area contributed by atoms with Crippen LogP contribution >= 0.6 is 0 Å². The molecule has 0 saturated carbocycles. The Balaban J connectivity index is 2.42. The Hall–Kier alpha value is -1.69. The van der Waals surface area contributed by atoms with Crippen LogP contribution < -0.4 is 15.8 Å². The van der Waals surface area contributed by atoms with Gasteiger partial charge in [-0.2, -0.15) is 0 Å². The molecule has 1 amide bonds. The number of hydrogen-bond acceptors (Lipinski definition) is 3. The summed E-state index contributed by atoms with van der Waals surface area (Å²) in [5.74, 6) is -2.24. The van der Waals surface area contributed by atoms with Gasteiger partial charge in [0.15, 0.2) is 18.2 Å². The number of amides is 1. The van der Waals surface area contributed by atoms with Crippen molar-refractivity contribution in [1.82, 2.24) is 5.32 Å². The molecule has 4 nitrogen and oxygen atoms in total. The van der Waals surface area contributed by atoms with Crippen LogP contribution in [0.3, 0.4) is 0 Å². The first-order valence-corrected chi connectivity index (χ1v) is 4.68. The van der Waals surface area contributed by atoms with Crippen molar-refractivity contribution in [1.29, 1.82) is 0 Å². The summed E-state index contributed by atoms with van der Waals surface area (Å²) in [6.45, 7) is 0.419. The average molecular weight is 230 g/mol. The number of rotatable bonds is 5. The van der Waals surface area contributed by atoms with E-state index in [9.17, 15) is 13.6 Å². The predicted molar refractivity (Wildman–Crippen MR) is 53.9 cm³/mol. The molecule has 16 heavy (non-hydrogen) atoms. The third-order valence-corrected chi connectivity index (χ3v) is 1.73. The van der Waals surface area contributed by atoms with Gasteiger partial charge in [0.25, 0.3) is 5.91 Å². The smallest absolute Gasteiger partial charge is 0.257 e. The summed E-state index contributed by atoms with van der Waals surface area (Å²) in [5.41, 5.74) is 5.17. The van der Waals surface area contributed by atoms with Gasteiger partial charge < -0.3 is 15.8 Å². The second-order valence-corrected chi connectivity index (χ2v) is 3.00. The van der Waals surface area contributed by atoms with Crippen molar-refractivity contribution in [2.45, 2.75) is 0 Å². The van der Waals surface area contributed by atoms with Crippen LogP contribution in [0.15, 0.2) is 18.2 Å². The predicted octanol–water partition coefficient (Wildman–Crippen LogP) is 0.418. The van der Waals surface area contributed by atoms with E-state index >= 15 is 0 Å². The van der Waals surface area contributed by atoms with Crippen LogP contribution in [0.4, 0.5) is 8.78 Å². The van der Waals surface area contributed by atoms with Gasteiger partial charge in [-0.3, -0.25) is 4.79 Å². The van der Waals surface area contributed by atoms with Crippen LogP contribution in [0, 0.1) is 11.6 Å². The van der Waals surface area contributed by atoms with Crippen molar-refractivity contribution in [2.75, 3.05) is 19.7 Å². The molecule has 0 saturated heterocycles. The highest BCUT2D eigenvalue weighted by molar-refractivity contribution is 5.77. The average Bonchev–Trinajstić information content (AvgIpc) is 2.28. The van der Waals surface area contributed by atoms with Crippen LogP contribution in [0.5, 0.6) is 5.75 Å². The van der Waals surface area contributed by atoms with Gasteiger partial charge in [-0.15, -0.1) is 0 Å². The first-order valence-electron chi connectivity index (χ1n) is 4.68. The fraction of sp³-hybridized carbons (Fsp3) is 0.300. The molecular formula is C10H12F2N2O2. The number of halogens is 2. The molecule has 0 heterocycles. The van der Waals surface area contributed by atoms with E-state index in [4.69, 9.17) is 10.5 Å². The number of benzene rings is 1. The molecule has 0 atom stereocenters. The highest BCUT2D eigenvalue weighted by Gasteiger charge is 2.05. The van der Waals surface area contributed by atoms with Gasteiger partial charge >= 0.3 is 0 Å². The highest BCUT2D eigenvalue weighted by atomic mass is 19.2. The molecule has 0 aliphatic rings. The van der Waals surface area contributed by atoms with E-state index < -0.39 is 11.6 Å². The molecule has 1 rings (SSSR count). The summed E-state index contributed by atoms with van der Waals surface area (Å²) >= 11 is 0. The van der Waals surface area contributed by atoms with Gasteiger partial charge in [-0.1, -0.05) is 0 Å². The van der Waals surface area contributed by atoms with Crippen molar-refractivity contribution in [2.24, 2.45) is 5.73 Å². The van der Waals surface area contributed by atoms with Crippen molar-refractivity contribution in [3.8, 4) is 5.75 Å². The molecular weight excluding hydrogens is 218 g/mol. The fourth-order valence-electron chi connectivity index (χ4n) is 0.978. The maximum absolute atomic E-state index is 12.7. The normalized spacial score (nSPS) is 9.94. The van der Waals surface area contributed by atoms with E-state index in [0.29, 0.717) is 13.1 Å². The Morgan fingerprint density at radius 1 is 1.38 bits per heavy atom. The summed E-state index contributed by atoms with van der Waals surface area (Å²) in [6, 6.07) is 3.06. The largest absolute Gasteiger partial charge is 0.484 e. The van der Waals surface area contributed by atoms with Crippen LogP contribution in [0.25, 0.3) is 0 Å². The minimum atomic E-state index is -1.01. The Morgan fingerprint density at radius 2 is 2.12 bits per heavy atom. The number of carbonyl (C=O) groups is 1. The number of hydrogen-bond donors (Lipinski definition) is 2. The molecule has 0 aliphatic heterocycles. The Kier molecular flexibility index (Phi) is 4.65. The van der Waals surface area contributed by atoms with Gasteiger partial charge in [0.2, 0.25) is 0 Å². The molecule has 0 bridgehead atoms. The molecule has 0 spiro atoms. The zero-order valence-electron chi connectivity index (χ0n) is 8.50. The minimum Gasteiger partial charge on any atom is -0.484 e. The number of nitrogens with two attached hydrogens (primary N) is 1. The first kappa shape index (κ1) is 12.4. The molecule has 0 aromatic heterocycles. The van der Waals surface area contributed by atoms with Crippen molar-refractivity contribution < 1.29 is 18.3 Å². The highest BCUT2D eigenvalue weighted by Crippen LogP contribution is 2.14. The molecule has 3 N–H and O–H groups in total. The van der Waals surface area contributed by atoms with Crippen molar-refractivity contribution in [3.63, 3.8) is 0 Å². The number of ether oxygens (including phenoxy) is 1. The van der Waals surface area contributed by atoms with Crippen LogP contribution in [0.2, 0.25) is 0 Å². The molecule has 88 valence electrons. The molecule has 1 aromatic rings. The molecule has 0 unspecified atom stereocenters. The maximum atomic E-state index is 12.7. The Morgan fingerprint density at radius 3 is 2.75 bits per heavy atom. The minimum absolute atomic E-state index is 0.0989. The third kappa shape index (κ3) is 3.82. The lowest BCUT2D eigenvalue weighted by molar-refractivity contribution is -0.123. The second-order valence-electron chi connectivity index (χ2n) is 3.00. The monoisotopic (exact) mass is 230 g/mol. The lowest BCUT2D eigenvalue weighted by Crippen LogP contribution is -2.32. The van der Waals surface area contributed by atoms with Gasteiger partial charge in [0, 0.05) is 19.2 Å². The Labute approximate surface area is 91.4 Å². The van der Waals surface area contributed by atoms with E-state index in [2.05, 4.69) is 5.32 Å². The summed E-state index contributed by atoms with van der Waals surface area (Å²) in [6.07, 6.45) is 0. The summed E-state index contributed by atoms with van der Waals surface area (Å²) in [7, 11) is 0. The van der Waals surface area contributed by atoms with E-state index in [-0.39, 0.29) is 18.3 Å². The topological polar surface area (TPSA) is 64.3 Å². The number of carbonyl (C=O) groups excluding carboxylic acids is 1. The van der Waals surface area contributed by atoms with E-state index in [0.717, 1.165) is 12.1 Å². The summed E-state index contributed by atoms with van der Waals surface area (Å²) < 4.78 is 30.2. The summed E-state index contributed by atoms with van der Waals surface area (Å²) in [5, 5.41) is 2.47. The van der Waals surface area contributed by atoms with Crippen molar-refractivity contribution in [3.05, 3.63) is 29.8 Å². The SMILES string of the molecule is NCCNC(=O)COc1ccc(F)c(F)c1. The standard InChI is InChI=1S/C10H12F2N2O2/c11-8-2-1-7(5-9(8)12)16-6-10(15)14-4-3-13/h1-2,5H,3-4,6,13H2,(H,14,15). The van der Waals surface area contributed by atoms with E-state index in [1.54, 1.807) is 0 Å². The molecule has 0 radical (unpaired) electrons. The van der Waals surface area contributed by atoms with E-state index in [1.165, 1.54) is 6.07 Å². The fourth-order valence-corrected chi connectivity index (χ4v) is 0.978. The van der Waals surface area contributed by atoms with Gasteiger partial charge in [0.05, 0.1) is 0 Å². The van der Waals surface area contributed by atoms with Gasteiger partial charge in [-0.25, -0.2) is 8.78 Å². The van der Waals surface area contributed by atoms with Crippen LogP contribution in [0.1, 0.15) is 0 Å². The molecule has 0 fully saturated rings. The van der Waals surface area contributed by atoms with Crippen molar-refractivity contribution >= 4 is 5.91 Å². The zero-order valence-corrected chi connectivity index (χ0v) is 8.50. The second kappa shape index (κ2) is 6.02. The molecule has 1 aromatic carbocycles. The number of nitrogens with one attached hydrogen (secondary N) is 1. The van der Waals surface area contributed by atoms with Gasteiger partial charge in [-0.05, 0) is 12.1 Å². The zero-order chi connectivity index (χ0) is 12.0. The lowest BCUT2D eigenvalue weighted by Gasteiger charge is -2.06.